The molecule has 0 aromatic heterocycles. The lowest BCUT2D eigenvalue weighted by Gasteiger charge is -2.42. The minimum absolute atomic E-state index is 0.409. The first-order chi connectivity index (χ1) is 13.7. The van der Waals surface area contributed by atoms with Crippen LogP contribution in [0.2, 0.25) is 5.02 Å². The summed E-state index contributed by atoms with van der Waals surface area (Å²) in [5.41, 5.74) is 1.22. The summed E-state index contributed by atoms with van der Waals surface area (Å²) in [7, 11) is 1.70. The number of aliphatic hydroxyl groups is 4. The van der Waals surface area contributed by atoms with E-state index in [1.165, 1.54) is 0 Å². The highest BCUT2D eigenvalue weighted by Gasteiger charge is 2.57. The van der Waals surface area contributed by atoms with Crippen LogP contribution in [-0.2, 0) is 4.74 Å². The van der Waals surface area contributed by atoms with Gasteiger partial charge in [0, 0.05) is 5.02 Å². The Kier molecular flexibility index (Phi) is 8.19. The van der Waals surface area contributed by atoms with Crippen molar-refractivity contribution in [2.45, 2.75) is 50.6 Å². The van der Waals surface area contributed by atoms with Gasteiger partial charge in [-0.25, -0.2) is 0 Å². The number of halogens is 1. The Morgan fingerprint density at radius 3 is 2.03 bits per heavy atom. The lowest BCUT2D eigenvalue weighted by Crippen LogP contribution is -2.65. The number of hydrogen-bond donors (Lipinski definition) is 4. The molecule has 4 N–H and O–H groups in total. The summed E-state index contributed by atoms with van der Waals surface area (Å²) in [6, 6.07) is 14.7. The van der Waals surface area contributed by atoms with Gasteiger partial charge in [0.05, 0.1) is 6.04 Å². The predicted octanol–water partition coefficient (Wildman–Crippen LogP) is 2.89. The molecule has 3 rings (SSSR count). The number of ether oxygens (including phenoxy) is 1. The van der Waals surface area contributed by atoms with E-state index in [9.17, 15) is 20.4 Å². The van der Waals surface area contributed by atoms with Gasteiger partial charge in [0.15, 0.2) is 0 Å². The molecule has 0 aliphatic carbocycles. The lowest BCUT2D eigenvalue weighted by atomic mass is 9.99. The highest BCUT2D eigenvalue weighted by atomic mass is 35.5. The third-order valence-electron chi connectivity index (χ3n) is 5.02. The van der Waals surface area contributed by atoms with E-state index in [1.54, 1.807) is 60.5 Å². The van der Waals surface area contributed by atoms with E-state index < -0.39 is 23.9 Å². The van der Waals surface area contributed by atoms with Crippen LogP contribution in [-0.4, -0.2) is 56.7 Å². The highest BCUT2D eigenvalue weighted by Crippen LogP contribution is 2.37. The van der Waals surface area contributed by atoms with Crippen LogP contribution in [0.25, 0.3) is 0 Å². The standard InChI is InChI=1S/C20H24ClNO5.C2H6/c1-22-13-5-8-17(22)19(23,24)20(25,26)27-18(14-6-3-2-4-7-14)15-9-11-16(21)12-10-15;1-2/h2-4,6-7,9-12,17-18,23-26H,5,8,13H2,1H3;1-2H3. The lowest BCUT2D eigenvalue weighted by molar-refractivity contribution is -0.476. The van der Waals surface area contributed by atoms with Crippen LogP contribution < -0.4 is 0 Å². The molecular formula is C22H30ClNO5. The van der Waals surface area contributed by atoms with Crippen LogP contribution in [0.3, 0.4) is 0 Å². The van der Waals surface area contributed by atoms with E-state index >= 15 is 0 Å². The van der Waals surface area contributed by atoms with Gasteiger partial charge >= 0.3 is 5.97 Å². The summed E-state index contributed by atoms with van der Waals surface area (Å²) in [4.78, 5) is 1.67. The quantitative estimate of drug-likeness (QED) is 0.534. The largest absolute Gasteiger partial charge is 0.358 e. The van der Waals surface area contributed by atoms with E-state index in [0.29, 0.717) is 29.1 Å². The number of nitrogens with zero attached hydrogens (tertiary/aromatic N) is 1. The Labute approximate surface area is 176 Å². The van der Waals surface area contributed by atoms with Crippen LogP contribution in [0, 0.1) is 0 Å². The smallest absolute Gasteiger partial charge is 0.337 e. The zero-order valence-electron chi connectivity index (χ0n) is 17.0. The fraction of sp³-hybridized carbons (Fsp3) is 0.455. The first-order valence-electron chi connectivity index (χ1n) is 9.80. The number of likely N-dealkylation sites (N-methyl/N-ethyl adjacent to an activating group) is 1. The summed E-state index contributed by atoms with van der Waals surface area (Å²) in [5, 5.41) is 42.8. The van der Waals surface area contributed by atoms with Crippen molar-refractivity contribution < 1.29 is 25.2 Å². The molecular weight excluding hydrogens is 394 g/mol. The summed E-state index contributed by atoms with van der Waals surface area (Å²) in [5.74, 6) is -6.08. The maximum Gasteiger partial charge on any atom is 0.337 e. The summed E-state index contributed by atoms with van der Waals surface area (Å²) >= 11 is 5.95. The second-order valence-corrected chi connectivity index (χ2v) is 7.37. The molecule has 1 saturated heterocycles. The summed E-state index contributed by atoms with van der Waals surface area (Å²) < 4.78 is 5.52. The number of benzene rings is 2. The third-order valence-corrected chi connectivity index (χ3v) is 5.27. The molecule has 160 valence electrons. The van der Waals surface area contributed by atoms with Crippen molar-refractivity contribution >= 4 is 11.6 Å². The molecule has 0 saturated carbocycles. The molecule has 2 aromatic rings. The van der Waals surface area contributed by atoms with Gasteiger partial charge < -0.3 is 25.2 Å². The molecule has 6 nitrogen and oxygen atoms in total. The minimum Gasteiger partial charge on any atom is -0.358 e. The normalized spacial score (nSPS) is 18.8. The van der Waals surface area contributed by atoms with Crippen molar-refractivity contribution in [3.63, 3.8) is 0 Å². The zero-order valence-corrected chi connectivity index (χ0v) is 17.8. The molecule has 29 heavy (non-hydrogen) atoms. The van der Waals surface area contributed by atoms with Crippen molar-refractivity contribution in [1.29, 1.82) is 0 Å². The second kappa shape index (κ2) is 10.00. The molecule has 1 aliphatic heterocycles. The Morgan fingerprint density at radius 1 is 0.966 bits per heavy atom. The maximum absolute atomic E-state index is 10.6. The molecule has 2 atom stereocenters. The van der Waals surface area contributed by atoms with Crippen molar-refractivity contribution in [3.8, 4) is 0 Å². The first-order valence-corrected chi connectivity index (χ1v) is 10.2. The van der Waals surface area contributed by atoms with Gasteiger partial charge in [-0.3, -0.25) is 4.90 Å². The van der Waals surface area contributed by atoms with Crippen molar-refractivity contribution in [2.75, 3.05) is 13.6 Å². The van der Waals surface area contributed by atoms with Crippen LogP contribution in [0.4, 0.5) is 0 Å². The maximum atomic E-state index is 10.6. The van der Waals surface area contributed by atoms with E-state index in [4.69, 9.17) is 16.3 Å². The Bertz CT molecular complexity index is 752. The van der Waals surface area contributed by atoms with Gasteiger partial charge in [0.1, 0.15) is 6.10 Å². The average Bonchev–Trinajstić information content (AvgIpc) is 3.16. The molecule has 0 radical (unpaired) electrons. The van der Waals surface area contributed by atoms with E-state index in [2.05, 4.69) is 0 Å². The van der Waals surface area contributed by atoms with Gasteiger partial charge in [0.25, 0.3) is 5.79 Å². The molecule has 0 bridgehead atoms. The number of rotatable bonds is 6. The molecule has 0 spiro atoms. The number of hydrogen-bond acceptors (Lipinski definition) is 6. The van der Waals surface area contributed by atoms with Crippen LogP contribution in [0.1, 0.15) is 43.9 Å². The van der Waals surface area contributed by atoms with E-state index in [0.717, 1.165) is 6.42 Å². The average molecular weight is 424 g/mol. The van der Waals surface area contributed by atoms with E-state index in [-0.39, 0.29) is 0 Å². The topological polar surface area (TPSA) is 93.4 Å². The highest BCUT2D eigenvalue weighted by molar-refractivity contribution is 6.30. The molecule has 2 aromatic carbocycles. The Hall–Kier alpha value is -1.51. The van der Waals surface area contributed by atoms with Gasteiger partial charge in [-0.05, 0) is 49.7 Å². The Morgan fingerprint density at radius 2 is 1.52 bits per heavy atom. The molecule has 1 aliphatic rings. The summed E-state index contributed by atoms with van der Waals surface area (Å²) in [6.45, 7) is 4.63. The fourth-order valence-corrected chi connectivity index (χ4v) is 3.61. The second-order valence-electron chi connectivity index (χ2n) is 6.93. The molecule has 0 amide bonds. The van der Waals surface area contributed by atoms with Crippen LogP contribution in [0.15, 0.2) is 54.6 Å². The first kappa shape index (κ1) is 23.8. The van der Waals surface area contributed by atoms with Gasteiger partial charge in [0.2, 0.25) is 0 Å². The molecule has 1 heterocycles. The summed E-state index contributed by atoms with van der Waals surface area (Å²) in [6.07, 6.45) is 0.190. The minimum atomic E-state index is -3.20. The van der Waals surface area contributed by atoms with Crippen LogP contribution >= 0.6 is 11.6 Å². The predicted molar refractivity (Wildman–Crippen MR) is 112 cm³/mol. The Balaban J connectivity index is 0.00000145. The SMILES string of the molecule is CC.CN1CCCC1C(O)(O)C(O)(O)OC(c1ccccc1)c1ccc(Cl)cc1. The van der Waals surface area contributed by atoms with Gasteiger partial charge in [-0.15, -0.1) is 0 Å². The zero-order chi connectivity index (χ0) is 21.7. The molecule has 1 fully saturated rings. The van der Waals surface area contributed by atoms with Gasteiger partial charge in [-0.2, -0.15) is 0 Å². The third kappa shape index (κ3) is 5.35. The molecule has 2 unspecified atom stereocenters. The molecule has 7 heteroatoms. The monoisotopic (exact) mass is 423 g/mol. The van der Waals surface area contributed by atoms with E-state index in [1.807, 2.05) is 19.9 Å². The number of likely N-dealkylation sites (tertiary alicyclic amines) is 1. The van der Waals surface area contributed by atoms with Crippen molar-refractivity contribution in [3.05, 3.63) is 70.7 Å². The fourth-order valence-electron chi connectivity index (χ4n) is 3.48. The van der Waals surface area contributed by atoms with Crippen molar-refractivity contribution in [1.82, 2.24) is 4.90 Å². The van der Waals surface area contributed by atoms with Crippen molar-refractivity contribution in [2.24, 2.45) is 0 Å². The van der Waals surface area contributed by atoms with Crippen LogP contribution in [0.5, 0.6) is 0 Å². The van der Waals surface area contributed by atoms with Gasteiger partial charge in [-0.1, -0.05) is 67.9 Å².